The van der Waals surface area contributed by atoms with E-state index in [0.717, 1.165) is 29.3 Å². The van der Waals surface area contributed by atoms with Gasteiger partial charge in [0, 0.05) is 17.1 Å². The molecule has 15 heteroatoms. The number of fused-ring (bicyclic) bond motifs is 3. The highest BCUT2D eigenvalue weighted by Crippen LogP contribution is 2.36. The Morgan fingerprint density at radius 1 is 1.05 bits per heavy atom. The summed E-state index contributed by atoms with van der Waals surface area (Å²) < 4.78 is 0. The molecule has 1 unspecified atom stereocenters. The fraction of sp³-hybridized carbons (Fsp3) is 0.500. The third-order valence-corrected chi connectivity index (χ3v) is 7.28. The number of rotatable bonds is 13. The first-order valence-electron chi connectivity index (χ1n) is 13.3. The number of aromatic amines is 1. The Balaban J connectivity index is 1.23. The maximum atomic E-state index is 12.6. The number of benzene rings is 1. The number of amides is 4. The summed E-state index contributed by atoms with van der Waals surface area (Å²) in [5.41, 5.74) is 6.88. The molecule has 1 aliphatic carbocycles. The third-order valence-electron chi connectivity index (χ3n) is 7.28. The van der Waals surface area contributed by atoms with E-state index in [0.29, 0.717) is 12.8 Å². The number of hydrogen-bond acceptors (Lipinski definition) is 9. The number of carboxylic acids is 1. The number of nitrogens with zero attached hydrogens (tertiary/aromatic N) is 2. The van der Waals surface area contributed by atoms with Crippen molar-refractivity contribution in [2.45, 2.75) is 68.4 Å². The molecule has 0 radical (unpaired) electrons. The zero-order valence-electron chi connectivity index (χ0n) is 22.3. The van der Waals surface area contributed by atoms with Gasteiger partial charge in [-0.15, -0.1) is 0 Å². The summed E-state index contributed by atoms with van der Waals surface area (Å²) in [4.78, 5) is 64.8. The van der Waals surface area contributed by atoms with Crippen LogP contribution in [0.5, 0.6) is 0 Å². The Bertz CT molecular complexity index is 1330. The van der Waals surface area contributed by atoms with Crippen molar-refractivity contribution < 1.29 is 34.2 Å². The first kappa shape index (κ1) is 29.6. The van der Waals surface area contributed by atoms with Gasteiger partial charge >= 0.3 is 5.97 Å². The smallest absolute Gasteiger partial charge is 0.326 e. The van der Waals surface area contributed by atoms with E-state index in [1.165, 1.54) is 0 Å². The van der Waals surface area contributed by atoms with Gasteiger partial charge in [0.25, 0.3) is 0 Å². The lowest BCUT2D eigenvalue weighted by Crippen LogP contribution is -2.57. The number of H-pyrrole nitrogens is 1. The van der Waals surface area contributed by atoms with Gasteiger partial charge in [-0.25, -0.2) is 4.79 Å². The quantitative estimate of drug-likeness (QED) is 0.145. The van der Waals surface area contributed by atoms with E-state index < -0.39 is 73.0 Å². The van der Waals surface area contributed by atoms with Crippen LogP contribution in [0.25, 0.3) is 10.9 Å². The van der Waals surface area contributed by atoms with Gasteiger partial charge in [-0.05, 0) is 43.7 Å². The minimum absolute atomic E-state index is 0.154. The molecule has 9 N–H and O–H groups in total. The molecular formula is C26H34N8O7. The van der Waals surface area contributed by atoms with Crippen LogP contribution in [-0.4, -0.2) is 87.8 Å². The molecule has 1 fully saturated rings. The SMILES string of the molecule is N[C@@H](Cc1c[nH]c2ccccc12)C(=O)NCC(=O)N[C@@H](CO)C(=O)NC(CC(=O)NC12CCC(CC1)N=N2)C(=O)O. The van der Waals surface area contributed by atoms with E-state index >= 15 is 0 Å². The molecule has 2 bridgehead atoms. The second-order valence-electron chi connectivity index (χ2n) is 10.3. The number of hydrogen-bond donors (Lipinski definition) is 8. The van der Waals surface area contributed by atoms with Crippen molar-refractivity contribution in [3.05, 3.63) is 36.0 Å². The van der Waals surface area contributed by atoms with E-state index in [1.54, 1.807) is 6.20 Å². The number of azo groups is 1. The van der Waals surface area contributed by atoms with Crippen molar-refractivity contribution in [1.82, 2.24) is 26.3 Å². The highest BCUT2D eigenvalue weighted by atomic mass is 16.4. The minimum Gasteiger partial charge on any atom is -0.480 e. The van der Waals surface area contributed by atoms with Gasteiger partial charge in [0.2, 0.25) is 23.6 Å². The molecule has 3 aliphatic rings. The number of aliphatic carboxylic acids is 1. The first-order chi connectivity index (χ1) is 19.6. The van der Waals surface area contributed by atoms with Crippen molar-refractivity contribution in [2.24, 2.45) is 16.0 Å². The van der Waals surface area contributed by atoms with Crippen molar-refractivity contribution >= 4 is 40.5 Å². The molecule has 220 valence electrons. The average molecular weight is 571 g/mol. The maximum absolute atomic E-state index is 12.6. The Hall–Kier alpha value is -4.37. The number of carbonyl (C=O) groups is 5. The van der Waals surface area contributed by atoms with Gasteiger partial charge in [0.15, 0.2) is 5.66 Å². The van der Waals surface area contributed by atoms with Gasteiger partial charge < -0.3 is 42.2 Å². The molecule has 41 heavy (non-hydrogen) atoms. The Morgan fingerprint density at radius 3 is 2.44 bits per heavy atom. The molecular weight excluding hydrogens is 536 g/mol. The molecule has 3 atom stereocenters. The number of carboxylic acid groups (broad SMARTS) is 1. The van der Waals surface area contributed by atoms with Gasteiger partial charge in [0.1, 0.15) is 12.1 Å². The lowest BCUT2D eigenvalue weighted by molar-refractivity contribution is -0.144. The Labute approximate surface area is 234 Å². The van der Waals surface area contributed by atoms with Crippen molar-refractivity contribution in [1.29, 1.82) is 0 Å². The third kappa shape index (κ3) is 7.43. The van der Waals surface area contributed by atoms with Gasteiger partial charge in [-0.1, -0.05) is 18.2 Å². The Morgan fingerprint density at radius 2 is 1.78 bits per heavy atom. The molecule has 4 amide bonds. The highest BCUT2D eigenvalue weighted by Gasteiger charge is 2.41. The van der Waals surface area contributed by atoms with E-state index in [2.05, 4.69) is 36.5 Å². The molecule has 1 aromatic carbocycles. The number of nitrogens with one attached hydrogen (secondary N) is 5. The predicted molar refractivity (Wildman–Crippen MR) is 144 cm³/mol. The largest absolute Gasteiger partial charge is 0.480 e. The van der Waals surface area contributed by atoms with Crippen LogP contribution in [0, 0.1) is 0 Å². The fourth-order valence-corrected chi connectivity index (χ4v) is 4.97. The van der Waals surface area contributed by atoms with Crippen LogP contribution in [0.1, 0.15) is 37.7 Å². The molecule has 1 saturated carbocycles. The molecule has 1 aromatic heterocycles. The molecule has 2 aromatic rings. The van der Waals surface area contributed by atoms with Crippen molar-refractivity contribution in [3.63, 3.8) is 0 Å². The number of aliphatic hydroxyl groups excluding tert-OH is 1. The van der Waals surface area contributed by atoms with E-state index in [4.69, 9.17) is 5.73 Å². The lowest BCUT2D eigenvalue weighted by atomic mass is 9.85. The second-order valence-corrected chi connectivity index (χ2v) is 10.3. The first-order valence-corrected chi connectivity index (χ1v) is 13.3. The summed E-state index contributed by atoms with van der Waals surface area (Å²) in [6, 6.07) is 3.58. The molecule has 0 saturated heterocycles. The standard InChI is InChI=1S/C26H34N8O7/c27-17(9-14-11-28-18-4-2-1-3-16(14)18)23(38)29-12-22(37)30-20(13-35)24(39)31-19(25(40)41)10-21(36)32-26-7-5-15(6-8-26)33-34-26/h1-4,11,15,17,19-20,28,35H,5-10,12-13,27H2,(H,29,38)(H,30,37)(H,31,39)(H,32,36)(H,40,41)/t15?,17-,19?,20-,26?/m0/s1. The highest BCUT2D eigenvalue weighted by molar-refractivity contribution is 5.94. The monoisotopic (exact) mass is 570 g/mol. The van der Waals surface area contributed by atoms with Crippen LogP contribution < -0.4 is 27.0 Å². The predicted octanol–water partition coefficient (Wildman–Crippen LogP) is -1.19. The summed E-state index contributed by atoms with van der Waals surface area (Å²) in [7, 11) is 0. The van der Waals surface area contributed by atoms with Crippen molar-refractivity contribution in [3.8, 4) is 0 Å². The van der Waals surface area contributed by atoms with E-state index in [1.807, 2.05) is 24.3 Å². The van der Waals surface area contributed by atoms with Crippen LogP contribution >= 0.6 is 0 Å². The van der Waals surface area contributed by atoms with Gasteiger partial charge in [0.05, 0.1) is 31.7 Å². The number of nitrogens with two attached hydrogens (primary N) is 1. The zero-order valence-corrected chi connectivity index (χ0v) is 22.3. The van der Waals surface area contributed by atoms with E-state index in [9.17, 15) is 34.2 Å². The molecule has 15 nitrogen and oxygen atoms in total. The zero-order chi connectivity index (χ0) is 29.6. The fourth-order valence-electron chi connectivity index (χ4n) is 4.97. The molecule has 3 heterocycles. The topological polar surface area (TPSA) is 240 Å². The normalized spacial score (nSPS) is 21.5. The van der Waals surface area contributed by atoms with Crippen LogP contribution in [0.15, 0.2) is 40.7 Å². The molecule has 5 rings (SSSR count). The van der Waals surface area contributed by atoms with Crippen molar-refractivity contribution in [2.75, 3.05) is 13.2 Å². The summed E-state index contributed by atoms with van der Waals surface area (Å²) >= 11 is 0. The second kappa shape index (κ2) is 12.9. The van der Waals surface area contributed by atoms with Gasteiger partial charge in [-0.2, -0.15) is 10.2 Å². The van der Waals surface area contributed by atoms with Crippen LogP contribution in [0.3, 0.4) is 0 Å². The lowest BCUT2D eigenvalue weighted by Gasteiger charge is -2.39. The summed E-state index contributed by atoms with van der Waals surface area (Å²) in [5.74, 6) is -4.53. The van der Waals surface area contributed by atoms with Crippen LogP contribution in [0.4, 0.5) is 0 Å². The minimum atomic E-state index is -1.62. The van der Waals surface area contributed by atoms with Gasteiger partial charge in [-0.3, -0.25) is 19.2 Å². The Kier molecular flexibility index (Phi) is 9.29. The number of aromatic nitrogens is 1. The number of aliphatic hydroxyl groups is 1. The molecule has 0 spiro atoms. The average Bonchev–Trinajstić information content (AvgIpc) is 3.37. The summed E-state index contributed by atoms with van der Waals surface area (Å²) in [6.07, 6.45) is 4.13. The maximum Gasteiger partial charge on any atom is 0.326 e. The van der Waals surface area contributed by atoms with Crippen LogP contribution in [0.2, 0.25) is 0 Å². The number of carbonyl (C=O) groups excluding carboxylic acids is 4. The summed E-state index contributed by atoms with van der Waals surface area (Å²) in [5, 5.41) is 37.9. The molecule has 2 aliphatic heterocycles. The summed E-state index contributed by atoms with van der Waals surface area (Å²) in [6.45, 7) is -1.39. The van der Waals surface area contributed by atoms with Crippen LogP contribution in [-0.2, 0) is 30.4 Å². The number of para-hydroxylation sites is 1. The van der Waals surface area contributed by atoms with E-state index in [-0.39, 0.29) is 12.5 Å².